The quantitative estimate of drug-likeness (QED) is 0.403. The molecule has 1 amide bonds. The Labute approximate surface area is 120 Å². The molecule has 0 atom stereocenters. The zero-order valence-corrected chi connectivity index (χ0v) is 13.0. The van der Waals surface area contributed by atoms with Crippen LogP contribution in [0.1, 0.15) is 65.2 Å². The summed E-state index contributed by atoms with van der Waals surface area (Å²) in [5.41, 5.74) is 1.19. The lowest BCUT2D eigenvalue weighted by molar-refractivity contribution is -0.115. The van der Waals surface area contributed by atoms with Crippen LogP contribution in [0.2, 0.25) is 0 Å². The highest BCUT2D eigenvalue weighted by atomic mass is 32.2. The smallest absolute Gasteiger partial charge is 0.263 e. The van der Waals surface area contributed by atoms with Crippen molar-refractivity contribution in [3.05, 3.63) is 10.5 Å². The lowest BCUT2D eigenvalue weighted by Crippen LogP contribution is -2.18. The first-order valence-corrected chi connectivity index (χ1v) is 8.10. The number of hydrogen-bond donors (Lipinski definition) is 1. The van der Waals surface area contributed by atoms with Crippen molar-refractivity contribution in [2.24, 2.45) is 0 Å². The molecule has 2 nitrogen and oxygen atoms in total. The van der Waals surface area contributed by atoms with Gasteiger partial charge >= 0.3 is 0 Å². The molecule has 4 heteroatoms. The Morgan fingerprint density at radius 3 is 2.33 bits per heavy atom. The van der Waals surface area contributed by atoms with Crippen LogP contribution < -0.4 is 5.32 Å². The lowest BCUT2D eigenvalue weighted by atomic mass is 10.1. The number of amides is 1. The topological polar surface area (TPSA) is 29.1 Å². The summed E-state index contributed by atoms with van der Waals surface area (Å²) in [6.07, 6.45) is 10.2. The minimum absolute atomic E-state index is 0.00885. The van der Waals surface area contributed by atoms with Gasteiger partial charge in [0.15, 0.2) is 0 Å². The molecule has 0 bridgehead atoms. The number of carbonyl (C=O) groups is 1. The van der Waals surface area contributed by atoms with Gasteiger partial charge in [0.25, 0.3) is 5.91 Å². The van der Waals surface area contributed by atoms with Crippen LogP contribution in [-0.2, 0) is 4.79 Å². The molecule has 0 aliphatic carbocycles. The van der Waals surface area contributed by atoms with E-state index in [0.29, 0.717) is 4.32 Å². The summed E-state index contributed by atoms with van der Waals surface area (Å²) in [5.74, 6) is -0.00885. The van der Waals surface area contributed by atoms with Crippen LogP contribution in [0.15, 0.2) is 10.5 Å². The van der Waals surface area contributed by atoms with Crippen LogP contribution in [-0.4, -0.2) is 10.2 Å². The van der Waals surface area contributed by atoms with Crippen molar-refractivity contribution in [3.63, 3.8) is 0 Å². The molecule has 1 N–H and O–H groups in total. The monoisotopic (exact) mass is 285 g/mol. The van der Waals surface area contributed by atoms with Crippen LogP contribution in [0.4, 0.5) is 0 Å². The normalized spacial score (nSPS) is 18.1. The van der Waals surface area contributed by atoms with E-state index in [0.717, 1.165) is 11.3 Å². The number of unbranched alkanes of at least 4 members (excludes halogenated alkanes) is 6. The Bertz CT molecular complexity index is 337. The molecule has 1 heterocycles. The van der Waals surface area contributed by atoms with Gasteiger partial charge in [-0.1, -0.05) is 75.0 Å². The van der Waals surface area contributed by atoms with E-state index in [9.17, 15) is 4.79 Å². The molecule has 0 aromatic heterocycles. The largest absolute Gasteiger partial charge is 0.307 e. The second-order valence-corrected chi connectivity index (χ2v) is 6.51. The standard InChI is InChI=1S/C14H23NOS2/c1-3-4-5-6-7-8-9-10-11(2)12-13(16)15-14(17)18-12/h3-10H2,1-2H3,(H,15,16,17)/b12-11-. The average Bonchev–Trinajstić information content (AvgIpc) is 2.67. The molecule has 0 radical (unpaired) electrons. The van der Waals surface area contributed by atoms with Gasteiger partial charge in [-0.15, -0.1) is 0 Å². The van der Waals surface area contributed by atoms with Crippen molar-refractivity contribution in [1.82, 2.24) is 5.32 Å². The summed E-state index contributed by atoms with van der Waals surface area (Å²) in [6, 6.07) is 0. The molecule has 1 aliphatic rings. The highest BCUT2D eigenvalue weighted by molar-refractivity contribution is 8.26. The average molecular weight is 285 g/mol. The second kappa shape index (κ2) is 8.70. The fourth-order valence-electron chi connectivity index (χ4n) is 2.06. The van der Waals surface area contributed by atoms with Gasteiger partial charge in [-0.3, -0.25) is 4.79 Å². The number of rotatable bonds is 8. The van der Waals surface area contributed by atoms with Gasteiger partial charge < -0.3 is 5.32 Å². The highest BCUT2D eigenvalue weighted by Gasteiger charge is 2.23. The summed E-state index contributed by atoms with van der Waals surface area (Å²) < 4.78 is 0.592. The van der Waals surface area contributed by atoms with Crippen molar-refractivity contribution in [2.75, 3.05) is 0 Å². The van der Waals surface area contributed by atoms with Gasteiger partial charge in [-0.2, -0.15) is 0 Å². The van der Waals surface area contributed by atoms with Crippen molar-refractivity contribution < 1.29 is 4.79 Å². The summed E-state index contributed by atoms with van der Waals surface area (Å²) in [6.45, 7) is 4.29. The van der Waals surface area contributed by atoms with Gasteiger partial charge in [0.1, 0.15) is 4.32 Å². The molecule has 1 saturated heterocycles. The predicted molar refractivity (Wildman–Crippen MR) is 83.6 cm³/mol. The van der Waals surface area contributed by atoms with E-state index in [1.165, 1.54) is 62.3 Å². The minimum atomic E-state index is -0.00885. The zero-order valence-electron chi connectivity index (χ0n) is 11.4. The first-order chi connectivity index (χ1) is 8.65. The van der Waals surface area contributed by atoms with E-state index in [1.54, 1.807) is 0 Å². The first kappa shape index (κ1) is 15.7. The van der Waals surface area contributed by atoms with Crippen molar-refractivity contribution in [3.8, 4) is 0 Å². The van der Waals surface area contributed by atoms with Crippen LogP contribution in [0.5, 0.6) is 0 Å². The Balaban J connectivity index is 2.17. The molecule has 0 unspecified atom stereocenters. The second-order valence-electron chi connectivity index (χ2n) is 4.82. The van der Waals surface area contributed by atoms with E-state index in [4.69, 9.17) is 12.2 Å². The van der Waals surface area contributed by atoms with E-state index >= 15 is 0 Å². The molecule has 1 aliphatic heterocycles. The Morgan fingerprint density at radius 1 is 1.17 bits per heavy atom. The Morgan fingerprint density at radius 2 is 1.78 bits per heavy atom. The van der Waals surface area contributed by atoms with E-state index in [-0.39, 0.29) is 5.91 Å². The third kappa shape index (κ3) is 5.53. The van der Waals surface area contributed by atoms with E-state index in [1.807, 2.05) is 6.92 Å². The zero-order chi connectivity index (χ0) is 13.4. The Hall–Kier alpha value is -0.350. The molecule has 0 aromatic rings. The summed E-state index contributed by atoms with van der Waals surface area (Å²) in [5, 5.41) is 2.67. The third-order valence-corrected chi connectivity index (χ3v) is 4.54. The lowest BCUT2D eigenvalue weighted by Gasteiger charge is -2.04. The summed E-state index contributed by atoms with van der Waals surface area (Å²) >= 11 is 6.39. The number of allylic oxidation sites excluding steroid dienone is 1. The third-order valence-electron chi connectivity index (χ3n) is 3.16. The molecular weight excluding hydrogens is 262 g/mol. The van der Waals surface area contributed by atoms with Gasteiger partial charge in [0.05, 0.1) is 4.91 Å². The van der Waals surface area contributed by atoms with Crippen LogP contribution in [0, 0.1) is 0 Å². The van der Waals surface area contributed by atoms with Crippen molar-refractivity contribution in [1.29, 1.82) is 0 Å². The fourth-order valence-corrected chi connectivity index (χ4v) is 3.15. The predicted octanol–water partition coefficient (Wildman–Crippen LogP) is 4.55. The van der Waals surface area contributed by atoms with Gasteiger partial charge in [-0.05, 0) is 19.8 Å². The molecular formula is C14H23NOS2. The first-order valence-electron chi connectivity index (χ1n) is 6.88. The van der Waals surface area contributed by atoms with E-state index < -0.39 is 0 Å². The van der Waals surface area contributed by atoms with Crippen molar-refractivity contribution >= 4 is 34.2 Å². The van der Waals surface area contributed by atoms with Gasteiger partial charge in [0.2, 0.25) is 0 Å². The molecule has 0 saturated carbocycles. The molecule has 1 rings (SSSR count). The number of nitrogens with one attached hydrogen (secondary N) is 1. The number of thioether (sulfide) groups is 1. The van der Waals surface area contributed by atoms with Gasteiger partial charge in [-0.25, -0.2) is 0 Å². The van der Waals surface area contributed by atoms with Crippen LogP contribution in [0.25, 0.3) is 0 Å². The van der Waals surface area contributed by atoms with Crippen molar-refractivity contribution in [2.45, 2.75) is 65.2 Å². The maximum atomic E-state index is 11.6. The number of hydrogen-bond acceptors (Lipinski definition) is 3. The highest BCUT2D eigenvalue weighted by Crippen LogP contribution is 2.28. The maximum absolute atomic E-state index is 11.6. The molecule has 1 fully saturated rings. The molecule has 0 spiro atoms. The number of thiocarbonyl (C=S) groups is 1. The van der Waals surface area contributed by atoms with E-state index in [2.05, 4.69) is 12.2 Å². The molecule has 0 aromatic carbocycles. The van der Waals surface area contributed by atoms with Gasteiger partial charge in [0, 0.05) is 0 Å². The maximum Gasteiger partial charge on any atom is 0.263 e. The number of carbonyl (C=O) groups excluding carboxylic acids is 1. The summed E-state index contributed by atoms with van der Waals surface area (Å²) in [7, 11) is 0. The molecule has 18 heavy (non-hydrogen) atoms. The van der Waals surface area contributed by atoms with Crippen LogP contribution in [0.3, 0.4) is 0 Å². The minimum Gasteiger partial charge on any atom is -0.307 e. The summed E-state index contributed by atoms with van der Waals surface area (Å²) in [4.78, 5) is 12.4. The molecule has 102 valence electrons. The van der Waals surface area contributed by atoms with Crippen LogP contribution >= 0.6 is 24.0 Å². The SMILES string of the molecule is CCCCCCCCC/C(C)=C1\SC(=S)NC1=O. The fraction of sp³-hybridized carbons (Fsp3) is 0.714. The Kier molecular flexibility index (Phi) is 7.59.